The van der Waals surface area contributed by atoms with Crippen LogP contribution in [-0.2, 0) is 15.5 Å². The standard InChI is InChI=1S/C26H25FN4O3S/c1-16-13-30(14-17(2)34-16)25(32)18-8-9-21-23(10-18)31(15-24(21)35(3)33)26-28-11-19(12-29-26)20-6-4-5-7-22(20)27/h4-12,15-17H,13-14H2,1-3H3. The Morgan fingerprint density at radius 1 is 1.09 bits per heavy atom. The number of fused-ring (bicyclic) bond motifs is 1. The Labute approximate surface area is 205 Å². The van der Waals surface area contributed by atoms with E-state index in [2.05, 4.69) is 9.97 Å². The molecule has 1 aliphatic rings. The van der Waals surface area contributed by atoms with Gasteiger partial charge in [0.2, 0.25) is 5.95 Å². The van der Waals surface area contributed by atoms with E-state index in [1.54, 1.807) is 64.6 Å². The van der Waals surface area contributed by atoms with Crippen LogP contribution in [0.3, 0.4) is 0 Å². The zero-order valence-corrected chi connectivity index (χ0v) is 20.5. The number of benzene rings is 2. The number of carbonyl (C=O) groups excluding carboxylic acids is 1. The van der Waals surface area contributed by atoms with Crippen molar-refractivity contribution in [3.8, 4) is 17.1 Å². The summed E-state index contributed by atoms with van der Waals surface area (Å²) in [7, 11) is -1.26. The molecule has 2 aromatic heterocycles. The molecule has 5 rings (SSSR count). The molecule has 3 unspecified atom stereocenters. The van der Waals surface area contributed by atoms with E-state index >= 15 is 0 Å². The fraction of sp³-hybridized carbons (Fsp3) is 0.269. The maximum Gasteiger partial charge on any atom is 0.254 e. The van der Waals surface area contributed by atoms with Crippen LogP contribution >= 0.6 is 0 Å². The van der Waals surface area contributed by atoms with Crippen LogP contribution in [0.4, 0.5) is 4.39 Å². The summed E-state index contributed by atoms with van der Waals surface area (Å²) >= 11 is 0. The molecule has 35 heavy (non-hydrogen) atoms. The van der Waals surface area contributed by atoms with Crippen molar-refractivity contribution >= 4 is 27.6 Å². The minimum atomic E-state index is -1.26. The predicted octanol–water partition coefficient (Wildman–Crippen LogP) is 4.21. The monoisotopic (exact) mass is 492 g/mol. The van der Waals surface area contributed by atoms with Gasteiger partial charge in [0.25, 0.3) is 5.91 Å². The third-order valence-corrected chi connectivity index (χ3v) is 7.02. The summed E-state index contributed by atoms with van der Waals surface area (Å²) in [5.41, 5.74) is 2.16. The first-order chi connectivity index (χ1) is 16.8. The lowest BCUT2D eigenvalue weighted by molar-refractivity contribution is -0.0586. The van der Waals surface area contributed by atoms with Gasteiger partial charge in [-0.25, -0.2) is 14.4 Å². The second-order valence-corrected chi connectivity index (χ2v) is 10.1. The van der Waals surface area contributed by atoms with E-state index in [9.17, 15) is 13.4 Å². The number of aromatic nitrogens is 3. The topological polar surface area (TPSA) is 77.3 Å². The molecule has 4 aromatic rings. The highest BCUT2D eigenvalue weighted by Gasteiger charge is 2.27. The van der Waals surface area contributed by atoms with E-state index in [-0.39, 0.29) is 23.9 Å². The van der Waals surface area contributed by atoms with E-state index in [0.29, 0.717) is 46.1 Å². The van der Waals surface area contributed by atoms with Gasteiger partial charge in [-0.05, 0) is 32.0 Å². The smallest absolute Gasteiger partial charge is 0.254 e. The molecule has 0 spiro atoms. The van der Waals surface area contributed by atoms with Crippen LogP contribution in [0.5, 0.6) is 0 Å². The molecule has 0 saturated carbocycles. The molecule has 3 heterocycles. The molecular formula is C26H25FN4O3S. The maximum absolute atomic E-state index is 14.2. The van der Waals surface area contributed by atoms with E-state index in [0.717, 1.165) is 5.39 Å². The van der Waals surface area contributed by atoms with Crippen LogP contribution < -0.4 is 0 Å². The molecule has 1 saturated heterocycles. The van der Waals surface area contributed by atoms with Gasteiger partial charge in [-0.15, -0.1) is 0 Å². The number of morpholine rings is 1. The van der Waals surface area contributed by atoms with Gasteiger partial charge < -0.3 is 9.64 Å². The van der Waals surface area contributed by atoms with Crippen LogP contribution in [0.25, 0.3) is 28.0 Å². The summed E-state index contributed by atoms with van der Waals surface area (Å²) < 4.78 is 34.1. The average Bonchev–Trinajstić information content (AvgIpc) is 3.23. The van der Waals surface area contributed by atoms with Crippen molar-refractivity contribution < 1.29 is 18.1 Å². The van der Waals surface area contributed by atoms with Crippen molar-refractivity contribution in [2.24, 2.45) is 0 Å². The molecule has 9 heteroatoms. The van der Waals surface area contributed by atoms with Gasteiger partial charge in [-0.2, -0.15) is 0 Å². The van der Waals surface area contributed by atoms with Gasteiger partial charge in [-0.3, -0.25) is 13.6 Å². The zero-order chi connectivity index (χ0) is 24.7. The molecule has 1 amide bonds. The predicted molar refractivity (Wildman–Crippen MR) is 133 cm³/mol. The van der Waals surface area contributed by atoms with Gasteiger partial charge in [0, 0.05) is 60.0 Å². The van der Waals surface area contributed by atoms with Crippen LogP contribution in [0, 0.1) is 5.82 Å². The van der Waals surface area contributed by atoms with Gasteiger partial charge in [-0.1, -0.05) is 24.3 Å². The molecule has 180 valence electrons. The molecule has 0 bridgehead atoms. The summed E-state index contributed by atoms with van der Waals surface area (Å²) in [6.07, 6.45) is 6.38. The summed E-state index contributed by atoms with van der Waals surface area (Å²) in [6.45, 7) is 4.95. The number of ether oxygens (including phenoxy) is 1. The Morgan fingerprint density at radius 3 is 2.43 bits per heavy atom. The van der Waals surface area contributed by atoms with Crippen LogP contribution in [0.1, 0.15) is 24.2 Å². The first kappa shape index (κ1) is 23.3. The second kappa shape index (κ2) is 9.31. The lowest BCUT2D eigenvalue weighted by Crippen LogP contribution is -2.48. The number of amides is 1. The molecule has 1 aliphatic heterocycles. The summed E-state index contributed by atoms with van der Waals surface area (Å²) in [4.78, 5) is 24.6. The molecular weight excluding hydrogens is 467 g/mol. The average molecular weight is 493 g/mol. The minimum Gasteiger partial charge on any atom is -0.372 e. The van der Waals surface area contributed by atoms with Gasteiger partial charge in [0.1, 0.15) is 5.82 Å². The summed E-state index contributed by atoms with van der Waals surface area (Å²) in [5.74, 6) is -0.101. The van der Waals surface area contributed by atoms with Crippen molar-refractivity contribution in [1.29, 1.82) is 0 Å². The van der Waals surface area contributed by atoms with Gasteiger partial charge in [0.05, 0.1) is 33.4 Å². The van der Waals surface area contributed by atoms with Crippen molar-refractivity contribution in [1.82, 2.24) is 19.4 Å². The van der Waals surface area contributed by atoms with Crippen molar-refractivity contribution in [2.75, 3.05) is 19.3 Å². The molecule has 7 nitrogen and oxygen atoms in total. The second-order valence-electron chi connectivity index (χ2n) is 8.77. The van der Waals surface area contributed by atoms with Gasteiger partial charge >= 0.3 is 0 Å². The molecule has 2 aromatic carbocycles. The first-order valence-corrected chi connectivity index (χ1v) is 12.9. The van der Waals surface area contributed by atoms with Crippen LogP contribution in [0.15, 0.2) is 66.0 Å². The highest BCUT2D eigenvalue weighted by molar-refractivity contribution is 7.84. The quantitative estimate of drug-likeness (QED) is 0.427. The number of carbonyl (C=O) groups is 1. The van der Waals surface area contributed by atoms with Crippen molar-refractivity contribution in [3.05, 3.63) is 72.4 Å². The van der Waals surface area contributed by atoms with E-state index in [1.165, 1.54) is 6.07 Å². The van der Waals surface area contributed by atoms with Crippen molar-refractivity contribution in [3.63, 3.8) is 0 Å². The molecule has 0 aliphatic carbocycles. The molecule has 3 atom stereocenters. The number of hydrogen-bond donors (Lipinski definition) is 0. The fourth-order valence-corrected chi connectivity index (χ4v) is 5.27. The lowest BCUT2D eigenvalue weighted by atomic mass is 10.1. The number of nitrogens with zero attached hydrogens (tertiary/aromatic N) is 4. The van der Waals surface area contributed by atoms with E-state index in [1.807, 2.05) is 19.9 Å². The van der Waals surface area contributed by atoms with Crippen molar-refractivity contribution in [2.45, 2.75) is 31.0 Å². The Bertz CT molecular complexity index is 1430. The fourth-order valence-electron chi connectivity index (χ4n) is 4.53. The maximum atomic E-state index is 14.2. The molecule has 0 N–H and O–H groups in total. The number of rotatable bonds is 4. The summed E-state index contributed by atoms with van der Waals surface area (Å²) in [5, 5.41) is 0.757. The minimum absolute atomic E-state index is 0.0363. The van der Waals surface area contributed by atoms with E-state index in [4.69, 9.17) is 4.74 Å². The SMILES string of the molecule is CC1CN(C(=O)c2ccc3c(S(C)=O)cn(-c4ncc(-c5ccccc5F)cn4)c3c2)CC(C)O1. The van der Waals surface area contributed by atoms with Crippen LogP contribution in [0.2, 0.25) is 0 Å². The number of halogens is 1. The third kappa shape index (κ3) is 4.49. The highest BCUT2D eigenvalue weighted by Crippen LogP contribution is 2.29. The third-order valence-electron chi connectivity index (χ3n) is 6.07. The molecule has 0 radical (unpaired) electrons. The highest BCUT2D eigenvalue weighted by atomic mass is 32.2. The zero-order valence-electron chi connectivity index (χ0n) is 19.6. The van der Waals surface area contributed by atoms with Crippen LogP contribution in [-0.4, -0.2) is 61.1 Å². The van der Waals surface area contributed by atoms with Gasteiger partial charge in [0.15, 0.2) is 0 Å². The summed E-state index contributed by atoms with van der Waals surface area (Å²) in [6, 6.07) is 11.8. The number of hydrogen-bond acceptors (Lipinski definition) is 5. The van der Waals surface area contributed by atoms with E-state index < -0.39 is 10.8 Å². The Balaban J connectivity index is 1.56. The largest absolute Gasteiger partial charge is 0.372 e. The Hall–Kier alpha value is -3.43. The Kier molecular flexibility index (Phi) is 6.21. The molecule has 1 fully saturated rings. The normalized spacial score (nSPS) is 19.1. The Morgan fingerprint density at radius 2 is 1.77 bits per heavy atom. The first-order valence-electron chi connectivity index (χ1n) is 11.3. The lowest BCUT2D eigenvalue weighted by Gasteiger charge is -2.35.